The zero-order valence-corrected chi connectivity index (χ0v) is 24.3. The number of ether oxygens (including phenoxy) is 1. The Morgan fingerprint density at radius 1 is 1.07 bits per heavy atom. The van der Waals surface area contributed by atoms with Gasteiger partial charge in [-0.05, 0) is 84.4 Å². The van der Waals surface area contributed by atoms with Gasteiger partial charge in [0.25, 0.3) is 0 Å². The Hall–Kier alpha value is -4.17. The molecular weight excluding hydrogens is 528 g/mol. The Morgan fingerprint density at radius 2 is 1.82 bits per heavy atom. The molecule has 0 aliphatic rings. The third-order valence-electron chi connectivity index (χ3n) is 6.52. The Balaban J connectivity index is 1.61. The van der Waals surface area contributed by atoms with Gasteiger partial charge in [0.15, 0.2) is 11.1 Å². The maximum absolute atomic E-state index is 13.6. The number of anilines is 1. The monoisotopic (exact) mass is 558 g/mol. The normalized spacial score (nSPS) is 12.6. The summed E-state index contributed by atoms with van der Waals surface area (Å²) in [7, 11) is 0. The maximum Gasteiger partial charge on any atom is 0.359 e. The Labute approximate surface area is 237 Å². The molecule has 0 bridgehead atoms. The van der Waals surface area contributed by atoms with Crippen LogP contribution in [0.4, 0.5) is 5.69 Å². The maximum atomic E-state index is 13.6. The molecule has 0 fully saturated rings. The van der Waals surface area contributed by atoms with Gasteiger partial charge in [0, 0.05) is 29.1 Å². The fraction of sp³-hybridized carbons (Fsp3) is 0.290. The van der Waals surface area contributed by atoms with E-state index < -0.39 is 11.6 Å². The number of rotatable bonds is 5. The predicted octanol–water partition coefficient (Wildman–Crippen LogP) is 7.21. The number of pyridine rings is 2. The summed E-state index contributed by atoms with van der Waals surface area (Å²) < 4.78 is 14.0. The molecule has 206 valence electrons. The molecule has 4 heterocycles. The van der Waals surface area contributed by atoms with Crippen molar-refractivity contribution in [3.8, 4) is 11.3 Å². The fourth-order valence-electron chi connectivity index (χ4n) is 4.76. The van der Waals surface area contributed by atoms with Crippen molar-refractivity contribution >= 4 is 39.9 Å². The van der Waals surface area contributed by atoms with Gasteiger partial charge in [-0.15, -0.1) is 0 Å². The van der Waals surface area contributed by atoms with E-state index in [9.17, 15) is 9.59 Å². The Morgan fingerprint density at radius 3 is 2.55 bits per heavy atom. The molecule has 0 saturated heterocycles. The van der Waals surface area contributed by atoms with Gasteiger partial charge < -0.3 is 18.9 Å². The van der Waals surface area contributed by atoms with Crippen LogP contribution in [0, 0.1) is 20.8 Å². The van der Waals surface area contributed by atoms with E-state index in [2.05, 4.69) is 15.3 Å². The van der Waals surface area contributed by atoms with Crippen molar-refractivity contribution in [3.05, 3.63) is 92.2 Å². The molecule has 5 rings (SSSR count). The average molecular weight is 559 g/mol. The zero-order valence-electron chi connectivity index (χ0n) is 23.5. The van der Waals surface area contributed by atoms with E-state index >= 15 is 0 Å². The first-order valence-corrected chi connectivity index (χ1v) is 13.4. The summed E-state index contributed by atoms with van der Waals surface area (Å²) in [6.07, 6.45) is 3.84. The highest BCUT2D eigenvalue weighted by molar-refractivity contribution is 6.29. The van der Waals surface area contributed by atoms with Crippen molar-refractivity contribution < 1.29 is 13.9 Å². The van der Waals surface area contributed by atoms with E-state index in [-0.39, 0.29) is 22.3 Å². The second-order valence-corrected chi connectivity index (χ2v) is 11.5. The molecule has 0 saturated carbocycles. The van der Waals surface area contributed by atoms with Crippen LogP contribution in [-0.4, -0.2) is 25.9 Å². The van der Waals surface area contributed by atoms with Crippen molar-refractivity contribution in [2.45, 2.75) is 60.1 Å². The number of carbonyl (C=O) groups excluding carboxylic acids is 1. The van der Waals surface area contributed by atoms with Crippen LogP contribution in [0.2, 0.25) is 5.15 Å². The summed E-state index contributed by atoms with van der Waals surface area (Å²) in [6.45, 7) is 12.9. The second-order valence-electron chi connectivity index (χ2n) is 11.1. The van der Waals surface area contributed by atoms with Crippen molar-refractivity contribution in [1.29, 1.82) is 0 Å². The number of hydrogen-bond donors (Lipinski definition) is 1. The summed E-state index contributed by atoms with van der Waals surface area (Å²) in [5.74, 6) is -0.0981. The predicted molar refractivity (Wildman–Crippen MR) is 157 cm³/mol. The molecular formula is C31H31ClN4O4. The fourth-order valence-corrected chi connectivity index (χ4v) is 4.91. The Kier molecular flexibility index (Phi) is 6.92. The number of aryl methyl sites for hydroxylation is 2. The van der Waals surface area contributed by atoms with Crippen molar-refractivity contribution in [2.24, 2.45) is 0 Å². The lowest BCUT2D eigenvalue weighted by atomic mass is 9.99. The van der Waals surface area contributed by atoms with Crippen LogP contribution in [0.3, 0.4) is 0 Å². The molecule has 8 nitrogen and oxygen atoms in total. The quantitative estimate of drug-likeness (QED) is 0.180. The largest absolute Gasteiger partial charge is 0.455 e. The van der Waals surface area contributed by atoms with Crippen LogP contribution in [0.15, 0.2) is 58.0 Å². The molecule has 0 aliphatic carbocycles. The molecule has 0 amide bonds. The lowest BCUT2D eigenvalue weighted by Gasteiger charge is -2.22. The van der Waals surface area contributed by atoms with Crippen molar-refractivity contribution in [2.75, 3.05) is 5.32 Å². The van der Waals surface area contributed by atoms with Crippen LogP contribution in [0.1, 0.15) is 66.6 Å². The highest BCUT2D eigenvalue weighted by Gasteiger charge is 2.25. The van der Waals surface area contributed by atoms with Crippen LogP contribution >= 0.6 is 11.6 Å². The van der Waals surface area contributed by atoms with Crippen LogP contribution in [0.5, 0.6) is 0 Å². The van der Waals surface area contributed by atoms with Crippen molar-refractivity contribution in [3.63, 3.8) is 0 Å². The highest BCUT2D eigenvalue weighted by Crippen LogP contribution is 2.33. The van der Waals surface area contributed by atoms with Gasteiger partial charge in [-0.3, -0.25) is 4.79 Å². The number of nitrogens with zero attached hydrogens (tertiary/aromatic N) is 3. The average Bonchev–Trinajstić information content (AvgIpc) is 3.25. The minimum absolute atomic E-state index is 0.0770. The lowest BCUT2D eigenvalue weighted by molar-refractivity contribution is 0.00640. The van der Waals surface area contributed by atoms with Gasteiger partial charge in [-0.1, -0.05) is 17.7 Å². The number of halogens is 1. The number of imidazole rings is 1. The van der Waals surface area contributed by atoms with Crippen molar-refractivity contribution in [1.82, 2.24) is 14.4 Å². The molecule has 1 atom stereocenters. The van der Waals surface area contributed by atoms with E-state index in [1.807, 2.05) is 61.8 Å². The van der Waals surface area contributed by atoms with Gasteiger partial charge in [0.1, 0.15) is 27.7 Å². The summed E-state index contributed by atoms with van der Waals surface area (Å²) in [6, 6.07) is 10.5. The smallest absolute Gasteiger partial charge is 0.359 e. The third kappa shape index (κ3) is 5.31. The third-order valence-corrected chi connectivity index (χ3v) is 6.73. The molecule has 0 spiro atoms. The first kappa shape index (κ1) is 27.4. The zero-order chi connectivity index (χ0) is 28.9. The van der Waals surface area contributed by atoms with Crippen LogP contribution in [0.25, 0.3) is 27.9 Å². The summed E-state index contributed by atoms with van der Waals surface area (Å²) in [4.78, 5) is 35.3. The standard InChI is InChI=1S/C31H31ClN4O4/c1-16-12-21(19(4)34-23-9-10-24(32)35-26(23)30(38)40-31(5,6)7)29-22(13-16)27(37)18(3)28(39-29)20-8-11-25-33-17(2)14-36(25)15-20/h8-15,19,34H,1-7H3. The number of hydrogen-bond acceptors (Lipinski definition) is 7. The van der Waals surface area contributed by atoms with E-state index in [1.54, 1.807) is 39.8 Å². The van der Waals surface area contributed by atoms with Crippen LogP contribution < -0.4 is 10.7 Å². The first-order valence-electron chi connectivity index (χ1n) is 13.0. The first-order chi connectivity index (χ1) is 18.8. The molecule has 1 aromatic carbocycles. The van der Waals surface area contributed by atoms with Gasteiger partial charge in [-0.25, -0.2) is 14.8 Å². The summed E-state index contributed by atoms with van der Waals surface area (Å²) in [5.41, 5.74) is 4.87. The SMILES string of the molecule is Cc1cc(C(C)Nc2ccc(Cl)nc2C(=O)OC(C)(C)C)c2oc(-c3ccc4nc(C)cn4c3)c(C)c(=O)c2c1. The number of nitrogens with one attached hydrogen (secondary N) is 1. The summed E-state index contributed by atoms with van der Waals surface area (Å²) >= 11 is 6.13. The van der Waals surface area contributed by atoms with Gasteiger partial charge in [0.2, 0.25) is 0 Å². The molecule has 40 heavy (non-hydrogen) atoms. The van der Waals surface area contributed by atoms with E-state index in [0.29, 0.717) is 28.0 Å². The molecule has 0 aliphatic heterocycles. The molecule has 5 aromatic rings. The number of fused-ring (bicyclic) bond motifs is 2. The van der Waals surface area contributed by atoms with Crippen LogP contribution in [-0.2, 0) is 4.74 Å². The Bertz CT molecular complexity index is 1850. The van der Waals surface area contributed by atoms with Gasteiger partial charge in [0.05, 0.1) is 22.8 Å². The highest BCUT2D eigenvalue weighted by atomic mass is 35.5. The van der Waals surface area contributed by atoms with E-state index in [1.165, 1.54) is 0 Å². The number of carbonyl (C=O) groups is 1. The van der Waals surface area contributed by atoms with E-state index in [0.717, 1.165) is 28.0 Å². The number of aromatic nitrogens is 3. The number of benzene rings is 1. The van der Waals surface area contributed by atoms with Gasteiger partial charge >= 0.3 is 5.97 Å². The molecule has 1 N–H and O–H groups in total. The molecule has 9 heteroatoms. The molecule has 4 aromatic heterocycles. The van der Waals surface area contributed by atoms with Gasteiger partial charge in [-0.2, -0.15) is 0 Å². The minimum atomic E-state index is -0.702. The second kappa shape index (κ2) is 10.1. The minimum Gasteiger partial charge on any atom is -0.455 e. The molecule has 1 unspecified atom stereocenters. The lowest BCUT2D eigenvalue weighted by Crippen LogP contribution is -2.25. The summed E-state index contributed by atoms with van der Waals surface area (Å²) in [5, 5.41) is 4.03. The number of esters is 1. The topological polar surface area (TPSA) is 98.7 Å². The van der Waals surface area contributed by atoms with E-state index in [4.69, 9.17) is 20.8 Å². The molecule has 0 radical (unpaired) electrons.